The molecule has 0 aliphatic heterocycles. The zero-order valence-corrected chi connectivity index (χ0v) is 16.6. The van der Waals surface area contributed by atoms with Crippen molar-refractivity contribution in [1.29, 1.82) is 0 Å². The van der Waals surface area contributed by atoms with Crippen LogP contribution < -0.4 is 9.64 Å². The summed E-state index contributed by atoms with van der Waals surface area (Å²) in [6.45, 7) is 3.24. The minimum Gasteiger partial charge on any atom is -0.492 e. The summed E-state index contributed by atoms with van der Waals surface area (Å²) in [7, 11) is 0. The number of hydrogen-bond donors (Lipinski definition) is 1. The Morgan fingerprint density at radius 2 is 1.83 bits per heavy atom. The van der Waals surface area contributed by atoms with Gasteiger partial charge in [-0.2, -0.15) is 0 Å². The number of aryl methyl sites for hydroxylation is 2. The molecule has 5 nitrogen and oxygen atoms in total. The molecule has 0 amide bonds. The summed E-state index contributed by atoms with van der Waals surface area (Å²) in [5.41, 5.74) is 3.35. The van der Waals surface area contributed by atoms with E-state index in [2.05, 4.69) is 35.0 Å². The number of ether oxygens (including phenoxy) is 1. The Labute approximate surface area is 171 Å². The molecule has 0 aliphatic carbocycles. The van der Waals surface area contributed by atoms with Crippen LogP contribution in [0.15, 0.2) is 72.9 Å². The van der Waals surface area contributed by atoms with E-state index in [-0.39, 0.29) is 6.42 Å². The van der Waals surface area contributed by atoms with Crippen LogP contribution in [0.3, 0.4) is 0 Å². The molecule has 0 atom stereocenters. The molecule has 0 saturated carbocycles. The molecule has 1 heterocycles. The maximum Gasteiger partial charge on any atom is 0.303 e. The average Bonchev–Trinajstić information content (AvgIpc) is 2.73. The highest BCUT2D eigenvalue weighted by molar-refractivity contribution is 5.66. The number of aliphatic carboxylic acids is 1. The molecule has 3 aromatic rings. The highest BCUT2D eigenvalue weighted by Crippen LogP contribution is 2.23. The van der Waals surface area contributed by atoms with Crippen LogP contribution in [0, 0.1) is 6.92 Å². The third kappa shape index (κ3) is 6.35. The Bertz CT molecular complexity index is 911. The van der Waals surface area contributed by atoms with Crippen LogP contribution in [0.25, 0.3) is 0 Å². The number of benzene rings is 2. The Morgan fingerprint density at radius 1 is 1.07 bits per heavy atom. The van der Waals surface area contributed by atoms with Crippen LogP contribution in [0.1, 0.15) is 24.0 Å². The van der Waals surface area contributed by atoms with E-state index in [9.17, 15) is 4.79 Å². The summed E-state index contributed by atoms with van der Waals surface area (Å²) in [4.78, 5) is 17.3. The van der Waals surface area contributed by atoms with Gasteiger partial charge in [-0.3, -0.25) is 4.79 Å². The van der Waals surface area contributed by atoms with Gasteiger partial charge in [0.2, 0.25) is 0 Å². The van der Waals surface area contributed by atoms with Crippen LogP contribution in [0.2, 0.25) is 0 Å². The lowest BCUT2D eigenvalue weighted by Gasteiger charge is -2.24. The third-order valence-corrected chi connectivity index (χ3v) is 4.61. The molecular formula is C24H26N2O3. The van der Waals surface area contributed by atoms with Gasteiger partial charge in [0.25, 0.3) is 0 Å². The highest BCUT2D eigenvalue weighted by atomic mass is 16.5. The Morgan fingerprint density at radius 3 is 2.52 bits per heavy atom. The van der Waals surface area contributed by atoms with E-state index in [1.807, 2.05) is 54.7 Å². The molecule has 1 aromatic heterocycles. The predicted octanol–water partition coefficient (Wildman–Crippen LogP) is 5.01. The van der Waals surface area contributed by atoms with E-state index in [1.54, 1.807) is 0 Å². The fraction of sp³-hybridized carbons (Fsp3) is 0.250. The van der Waals surface area contributed by atoms with E-state index in [0.29, 0.717) is 19.6 Å². The first kappa shape index (κ1) is 20.4. The number of pyridine rings is 1. The van der Waals surface area contributed by atoms with Gasteiger partial charge in [-0.1, -0.05) is 30.3 Å². The maximum atomic E-state index is 10.6. The fourth-order valence-corrected chi connectivity index (χ4v) is 3.10. The lowest BCUT2D eigenvalue weighted by Crippen LogP contribution is -2.24. The predicted molar refractivity (Wildman–Crippen MR) is 115 cm³/mol. The number of rotatable bonds is 10. The van der Waals surface area contributed by atoms with E-state index in [0.717, 1.165) is 34.8 Å². The van der Waals surface area contributed by atoms with Crippen molar-refractivity contribution in [3.05, 3.63) is 84.1 Å². The first-order chi connectivity index (χ1) is 14.1. The van der Waals surface area contributed by atoms with E-state index in [4.69, 9.17) is 9.84 Å². The molecule has 0 saturated heterocycles. The lowest BCUT2D eigenvalue weighted by atomic mass is 10.1. The molecule has 0 radical (unpaired) electrons. The summed E-state index contributed by atoms with van der Waals surface area (Å²) < 4.78 is 5.94. The Balaban J connectivity index is 1.59. The van der Waals surface area contributed by atoms with Crippen molar-refractivity contribution in [2.75, 3.05) is 18.1 Å². The zero-order valence-electron chi connectivity index (χ0n) is 16.6. The second kappa shape index (κ2) is 10.3. The first-order valence-electron chi connectivity index (χ1n) is 9.80. The summed E-state index contributed by atoms with van der Waals surface area (Å²) >= 11 is 0. The van der Waals surface area contributed by atoms with Crippen molar-refractivity contribution in [3.8, 4) is 5.75 Å². The summed E-state index contributed by atoms with van der Waals surface area (Å²) in [5.74, 6) is 0.946. The van der Waals surface area contributed by atoms with Gasteiger partial charge in [-0.05, 0) is 67.3 Å². The number of nitrogens with zero attached hydrogens (tertiary/aromatic N) is 2. The van der Waals surface area contributed by atoms with Crippen molar-refractivity contribution < 1.29 is 14.6 Å². The molecule has 0 bridgehead atoms. The molecule has 29 heavy (non-hydrogen) atoms. The number of carboxylic acid groups (broad SMARTS) is 1. The second-order valence-electron chi connectivity index (χ2n) is 6.92. The molecule has 150 valence electrons. The number of hydrogen-bond acceptors (Lipinski definition) is 4. The van der Waals surface area contributed by atoms with Gasteiger partial charge in [0, 0.05) is 18.3 Å². The molecule has 3 rings (SSSR count). The van der Waals surface area contributed by atoms with Crippen LogP contribution in [0.4, 0.5) is 11.5 Å². The van der Waals surface area contributed by atoms with Gasteiger partial charge in [0.1, 0.15) is 18.2 Å². The first-order valence-corrected chi connectivity index (χ1v) is 9.80. The van der Waals surface area contributed by atoms with Gasteiger partial charge >= 0.3 is 5.97 Å². The summed E-state index contributed by atoms with van der Waals surface area (Å²) in [5, 5.41) is 8.73. The summed E-state index contributed by atoms with van der Waals surface area (Å²) in [6.07, 6.45) is 3.42. The Hall–Kier alpha value is -3.34. The van der Waals surface area contributed by atoms with Gasteiger partial charge in [-0.15, -0.1) is 0 Å². The molecule has 5 heteroatoms. The molecule has 0 aliphatic rings. The number of carboxylic acids is 1. The number of carbonyl (C=O) groups is 1. The van der Waals surface area contributed by atoms with Crippen LogP contribution >= 0.6 is 0 Å². The Kier molecular flexibility index (Phi) is 7.22. The van der Waals surface area contributed by atoms with Crippen LogP contribution in [-0.2, 0) is 11.2 Å². The SMILES string of the molecule is Cc1ccnc(N(CCOc2ccc(CCCC(=O)O)cc2)c2ccccc2)c1. The number of anilines is 2. The van der Waals surface area contributed by atoms with Gasteiger partial charge in [-0.25, -0.2) is 4.98 Å². The summed E-state index contributed by atoms with van der Waals surface area (Å²) in [6, 6.07) is 22.1. The van der Waals surface area contributed by atoms with Crippen molar-refractivity contribution in [3.63, 3.8) is 0 Å². The zero-order chi connectivity index (χ0) is 20.5. The van der Waals surface area contributed by atoms with Crippen LogP contribution in [-0.4, -0.2) is 29.2 Å². The normalized spacial score (nSPS) is 10.5. The molecule has 2 aromatic carbocycles. The van der Waals surface area contributed by atoms with Crippen molar-refractivity contribution in [2.45, 2.75) is 26.2 Å². The number of aromatic nitrogens is 1. The molecule has 0 spiro atoms. The van der Waals surface area contributed by atoms with Gasteiger partial charge in [0.15, 0.2) is 0 Å². The fourth-order valence-electron chi connectivity index (χ4n) is 3.10. The average molecular weight is 390 g/mol. The molecule has 0 unspecified atom stereocenters. The molecular weight excluding hydrogens is 364 g/mol. The van der Waals surface area contributed by atoms with Gasteiger partial charge < -0.3 is 14.7 Å². The quantitative estimate of drug-likeness (QED) is 0.527. The molecule has 1 N–H and O–H groups in total. The van der Waals surface area contributed by atoms with E-state index in [1.165, 1.54) is 0 Å². The second-order valence-corrected chi connectivity index (χ2v) is 6.92. The third-order valence-electron chi connectivity index (χ3n) is 4.61. The standard InChI is InChI=1S/C24H26N2O3/c1-19-14-15-25-23(18-19)26(21-7-3-2-4-8-21)16-17-29-22-12-10-20(11-13-22)6-5-9-24(27)28/h2-4,7-8,10-15,18H,5-6,9,16-17H2,1H3,(H,27,28). The monoisotopic (exact) mass is 390 g/mol. The topological polar surface area (TPSA) is 62.7 Å². The minimum atomic E-state index is -0.754. The van der Waals surface area contributed by atoms with Crippen LogP contribution in [0.5, 0.6) is 5.75 Å². The largest absolute Gasteiger partial charge is 0.492 e. The van der Waals surface area contributed by atoms with Crippen molar-refractivity contribution in [1.82, 2.24) is 4.98 Å². The lowest BCUT2D eigenvalue weighted by molar-refractivity contribution is -0.137. The van der Waals surface area contributed by atoms with E-state index >= 15 is 0 Å². The molecule has 0 fully saturated rings. The number of para-hydroxylation sites is 1. The maximum absolute atomic E-state index is 10.6. The van der Waals surface area contributed by atoms with E-state index < -0.39 is 5.97 Å². The van der Waals surface area contributed by atoms with Gasteiger partial charge in [0.05, 0.1) is 6.54 Å². The highest BCUT2D eigenvalue weighted by Gasteiger charge is 2.11. The minimum absolute atomic E-state index is 0.195. The smallest absolute Gasteiger partial charge is 0.303 e. The van der Waals surface area contributed by atoms with Crippen molar-refractivity contribution in [2.24, 2.45) is 0 Å². The van der Waals surface area contributed by atoms with Crippen molar-refractivity contribution >= 4 is 17.5 Å².